The first-order chi connectivity index (χ1) is 11.6. The predicted octanol–water partition coefficient (Wildman–Crippen LogP) is 3.19. The molecule has 3 nitrogen and oxygen atoms in total. The van der Waals surface area contributed by atoms with Crippen LogP contribution in [0.5, 0.6) is 0 Å². The molecule has 0 bridgehead atoms. The average Bonchev–Trinajstić information content (AvgIpc) is 2.51. The molecule has 0 amide bonds. The molecule has 0 aliphatic carbocycles. The number of alkyl halides is 6. The van der Waals surface area contributed by atoms with Gasteiger partial charge in [-0.1, -0.05) is 0 Å². The van der Waals surface area contributed by atoms with E-state index in [1.165, 1.54) is 4.90 Å². The van der Waals surface area contributed by atoms with Crippen LogP contribution < -0.4 is 5.32 Å². The van der Waals surface area contributed by atoms with E-state index < -0.39 is 47.5 Å². The molecular weight excluding hydrogens is 357 g/mol. The van der Waals surface area contributed by atoms with Gasteiger partial charge in [0.2, 0.25) is 0 Å². The van der Waals surface area contributed by atoms with Crippen LogP contribution in [0.3, 0.4) is 0 Å². The van der Waals surface area contributed by atoms with E-state index in [1.54, 1.807) is 0 Å². The number of piperazine rings is 1. The second kappa shape index (κ2) is 7.46. The van der Waals surface area contributed by atoms with Crippen molar-refractivity contribution < 1.29 is 35.8 Å². The quantitative estimate of drug-likeness (QED) is 0.795. The lowest BCUT2D eigenvalue weighted by atomic mass is 9.93. The van der Waals surface area contributed by atoms with Crippen LogP contribution in [-0.4, -0.2) is 42.8 Å². The molecule has 1 aliphatic rings. The van der Waals surface area contributed by atoms with Gasteiger partial charge in [0.1, 0.15) is 5.82 Å². The molecular formula is C15H17F7N2O. The summed E-state index contributed by atoms with van der Waals surface area (Å²) in [5.41, 5.74) is -4.20. The smallest absolute Gasteiger partial charge is 0.396 e. The third kappa shape index (κ3) is 4.62. The van der Waals surface area contributed by atoms with Crippen LogP contribution in [-0.2, 0) is 12.4 Å². The van der Waals surface area contributed by atoms with Gasteiger partial charge in [-0.2, -0.15) is 26.3 Å². The summed E-state index contributed by atoms with van der Waals surface area (Å²) in [5, 5.41) is 12.2. The monoisotopic (exact) mass is 374 g/mol. The van der Waals surface area contributed by atoms with Crippen LogP contribution >= 0.6 is 0 Å². The van der Waals surface area contributed by atoms with E-state index in [9.17, 15) is 35.8 Å². The van der Waals surface area contributed by atoms with Gasteiger partial charge in [-0.25, -0.2) is 4.39 Å². The maximum atomic E-state index is 14.4. The van der Waals surface area contributed by atoms with Crippen LogP contribution in [0.4, 0.5) is 30.7 Å². The average molecular weight is 374 g/mol. The minimum atomic E-state index is -5.15. The second-order valence-corrected chi connectivity index (χ2v) is 5.73. The maximum absolute atomic E-state index is 14.4. The number of aliphatic hydroxyl groups excluding tert-OH is 1. The van der Waals surface area contributed by atoms with E-state index in [4.69, 9.17) is 0 Å². The highest BCUT2D eigenvalue weighted by atomic mass is 19.4. The van der Waals surface area contributed by atoms with Crippen LogP contribution in [0.1, 0.15) is 29.2 Å². The van der Waals surface area contributed by atoms with E-state index in [1.807, 2.05) is 0 Å². The SMILES string of the molecule is OCC[C@H](c1c(F)cc(C(F)(F)F)cc1C(F)(F)F)N1CCNCC1. The summed E-state index contributed by atoms with van der Waals surface area (Å²) in [7, 11) is 0. The molecule has 1 saturated heterocycles. The Kier molecular flexibility index (Phi) is 5.95. The first-order valence-electron chi connectivity index (χ1n) is 7.59. The lowest BCUT2D eigenvalue weighted by molar-refractivity contribution is -0.144. The summed E-state index contributed by atoms with van der Waals surface area (Å²) >= 11 is 0. The lowest BCUT2D eigenvalue weighted by Crippen LogP contribution is -2.46. The van der Waals surface area contributed by atoms with Crippen molar-refractivity contribution in [2.24, 2.45) is 0 Å². The van der Waals surface area contributed by atoms with Crippen molar-refractivity contribution >= 4 is 0 Å². The largest absolute Gasteiger partial charge is 0.416 e. The molecule has 0 unspecified atom stereocenters. The topological polar surface area (TPSA) is 35.5 Å². The first kappa shape index (κ1) is 19.9. The van der Waals surface area contributed by atoms with Crippen molar-refractivity contribution in [1.82, 2.24) is 10.2 Å². The van der Waals surface area contributed by atoms with Crippen molar-refractivity contribution in [3.63, 3.8) is 0 Å². The van der Waals surface area contributed by atoms with Gasteiger partial charge >= 0.3 is 12.4 Å². The Balaban J connectivity index is 2.59. The minimum absolute atomic E-state index is 0.0645. The Labute approximate surface area is 139 Å². The third-order valence-electron chi connectivity index (χ3n) is 4.09. The second-order valence-electron chi connectivity index (χ2n) is 5.73. The highest BCUT2D eigenvalue weighted by Gasteiger charge is 2.42. The number of halogens is 7. The Bertz CT molecular complexity index is 595. The predicted molar refractivity (Wildman–Crippen MR) is 75.3 cm³/mol. The van der Waals surface area contributed by atoms with Crippen LogP contribution in [0.2, 0.25) is 0 Å². The summed E-state index contributed by atoms with van der Waals surface area (Å²) < 4.78 is 92.7. The van der Waals surface area contributed by atoms with E-state index in [0.29, 0.717) is 26.2 Å². The fourth-order valence-electron chi connectivity index (χ4n) is 2.98. The number of rotatable bonds is 4. The molecule has 1 fully saturated rings. The van der Waals surface area contributed by atoms with Crippen molar-refractivity contribution in [1.29, 1.82) is 0 Å². The standard InChI is InChI=1S/C15H17F7N2O/c16-11-8-9(14(17,18)19)7-10(15(20,21)22)13(11)12(1-6-25)24-4-2-23-3-5-24/h7-8,12,23,25H,1-6H2/t12-/m1/s1. The summed E-state index contributed by atoms with van der Waals surface area (Å²) in [6, 6.07) is -1.15. The Morgan fingerprint density at radius 1 is 1.04 bits per heavy atom. The molecule has 142 valence electrons. The summed E-state index contributed by atoms with van der Waals surface area (Å²) in [5.74, 6) is -1.57. The molecule has 2 rings (SSSR count). The van der Waals surface area contributed by atoms with Gasteiger partial charge in [-0.05, 0) is 18.6 Å². The number of aliphatic hydroxyl groups is 1. The molecule has 0 spiro atoms. The molecule has 1 heterocycles. The molecule has 0 saturated carbocycles. The van der Waals surface area contributed by atoms with Crippen molar-refractivity contribution in [3.05, 3.63) is 34.6 Å². The first-order valence-corrected chi connectivity index (χ1v) is 7.59. The molecule has 0 radical (unpaired) electrons. The van der Waals surface area contributed by atoms with E-state index in [0.717, 1.165) is 0 Å². The van der Waals surface area contributed by atoms with Crippen molar-refractivity contribution in [3.8, 4) is 0 Å². The number of nitrogens with zero attached hydrogens (tertiary/aromatic N) is 1. The highest BCUT2D eigenvalue weighted by molar-refractivity contribution is 5.39. The number of nitrogens with one attached hydrogen (secondary N) is 1. The summed E-state index contributed by atoms with van der Waals surface area (Å²) in [6.45, 7) is 0.967. The molecule has 25 heavy (non-hydrogen) atoms. The van der Waals surface area contributed by atoms with Crippen molar-refractivity contribution in [2.45, 2.75) is 24.8 Å². The number of hydrogen-bond donors (Lipinski definition) is 2. The van der Waals surface area contributed by atoms with Gasteiger partial charge in [-0.3, -0.25) is 4.90 Å². The molecule has 1 aromatic rings. The summed E-state index contributed by atoms with van der Waals surface area (Å²) in [6.07, 6.45) is -10.5. The maximum Gasteiger partial charge on any atom is 0.416 e. The molecule has 2 N–H and O–H groups in total. The molecule has 0 aromatic heterocycles. The van der Waals surface area contributed by atoms with Crippen LogP contribution in [0, 0.1) is 5.82 Å². The van der Waals surface area contributed by atoms with Gasteiger partial charge in [0, 0.05) is 44.4 Å². The number of benzene rings is 1. The molecule has 10 heteroatoms. The van der Waals surface area contributed by atoms with E-state index >= 15 is 0 Å². The minimum Gasteiger partial charge on any atom is -0.396 e. The van der Waals surface area contributed by atoms with E-state index in [2.05, 4.69) is 5.32 Å². The van der Waals surface area contributed by atoms with Gasteiger partial charge in [0.25, 0.3) is 0 Å². The summed E-state index contributed by atoms with van der Waals surface area (Å²) in [4.78, 5) is 1.54. The zero-order valence-corrected chi connectivity index (χ0v) is 13.0. The third-order valence-corrected chi connectivity index (χ3v) is 4.09. The van der Waals surface area contributed by atoms with Gasteiger partial charge in [0.15, 0.2) is 0 Å². The van der Waals surface area contributed by atoms with Gasteiger partial charge < -0.3 is 10.4 Å². The van der Waals surface area contributed by atoms with Gasteiger partial charge in [0.05, 0.1) is 11.1 Å². The Morgan fingerprint density at radius 3 is 2.12 bits per heavy atom. The Hall–Kier alpha value is -1.39. The van der Waals surface area contributed by atoms with Crippen LogP contribution in [0.15, 0.2) is 12.1 Å². The zero-order valence-electron chi connectivity index (χ0n) is 13.0. The van der Waals surface area contributed by atoms with Gasteiger partial charge in [-0.15, -0.1) is 0 Å². The fourth-order valence-corrected chi connectivity index (χ4v) is 2.98. The Morgan fingerprint density at radius 2 is 1.64 bits per heavy atom. The fraction of sp³-hybridized carbons (Fsp3) is 0.600. The van der Waals surface area contributed by atoms with Crippen LogP contribution in [0.25, 0.3) is 0 Å². The van der Waals surface area contributed by atoms with Crippen molar-refractivity contribution in [2.75, 3.05) is 32.8 Å². The highest BCUT2D eigenvalue weighted by Crippen LogP contribution is 2.42. The zero-order chi connectivity index (χ0) is 18.8. The normalized spacial score (nSPS) is 18.4. The lowest BCUT2D eigenvalue weighted by Gasteiger charge is -2.36. The molecule has 1 atom stereocenters. The van der Waals surface area contributed by atoms with E-state index in [-0.39, 0.29) is 18.6 Å². The molecule has 1 aromatic carbocycles. The molecule has 1 aliphatic heterocycles. The number of hydrogen-bond acceptors (Lipinski definition) is 3.